The van der Waals surface area contributed by atoms with Gasteiger partial charge in [0.25, 0.3) is 5.56 Å². The van der Waals surface area contributed by atoms with E-state index in [1.54, 1.807) is 6.92 Å². The second kappa shape index (κ2) is 8.11. The predicted molar refractivity (Wildman–Crippen MR) is 95.2 cm³/mol. The van der Waals surface area contributed by atoms with E-state index in [9.17, 15) is 14.7 Å². The number of nitrogens with one attached hydrogen (secondary N) is 1. The number of anilines is 1. The number of hydrogen-bond donors (Lipinski definition) is 2. The summed E-state index contributed by atoms with van der Waals surface area (Å²) in [4.78, 5) is 33.6. The monoisotopic (exact) mass is 359 g/mol. The third-order valence-electron chi connectivity index (χ3n) is 4.15. The molecule has 0 saturated carbocycles. The van der Waals surface area contributed by atoms with Crippen molar-refractivity contribution in [2.45, 2.75) is 13.5 Å². The summed E-state index contributed by atoms with van der Waals surface area (Å²) in [7, 11) is 0. The number of esters is 1. The standard InChI is InChI=1S/C18H21N3O5/c1-2-26-18(24)15-13(11-22)17(23)20-16(19-15)12-5-3-4-6-14(12)21-7-9-25-10-8-21/h3-6,22H,2,7-11H2,1H3,(H,19,20,23). The highest BCUT2D eigenvalue weighted by molar-refractivity contribution is 5.89. The van der Waals surface area contributed by atoms with Crippen LogP contribution in [0.2, 0.25) is 0 Å². The molecular formula is C18H21N3O5. The molecule has 1 aromatic carbocycles. The maximum Gasteiger partial charge on any atom is 0.357 e. The van der Waals surface area contributed by atoms with E-state index in [2.05, 4.69) is 14.9 Å². The summed E-state index contributed by atoms with van der Waals surface area (Å²) in [5, 5.41) is 9.45. The highest BCUT2D eigenvalue weighted by Gasteiger charge is 2.22. The minimum Gasteiger partial charge on any atom is -0.461 e. The molecule has 3 rings (SSSR count). The van der Waals surface area contributed by atoms with Crippen molar-refractivity contribution in [2.24, 2.45) is 0 Å². The second-order valence-corrected chi connectivity index (χ2v) is 5.74. The van der Waals surface area contributed by atoms with Gasteiger partial charge in [0.15, 0.2) is 5.69 Å². The SMILES string of the molecule is CCOC(=O)c1nc(-c2ccccc2N2CCOCC2)[nH]c(=O)c1CO. The van der Waals surface area contributed by atoms with Gasteiger partial charge in [-0.05, 0) is 19.1 Å². The summed E-state index contributed by atoms with van der Waals surface area (Å²) in [6.07, 6.45) is 0. The average molecular weight is 359 g/mol. The van der Waals surface area contributed by atoms with E-state index in [1.807, 2.05) is 24.3 Å². The predicted octanol–water partition coefficient (Wildman–Crippen LogP) is 0.942. The number of para-hydroxylation sites is 1. The van der Waals surface area contributed by atoms with Crippen LogP contribution < -0.4 is 10.5 Å². The third kappa shape index (κ3) is 3.61. The lowest BCUT2D eigenvalue weighted by Gasteiger charge is -2.30. The summed E-state index contributed by atoms with van der Waals surface area (Å²) in [5.41, 5.74) is 0.769. The van der Waals surface area contributed by atoms with E-state index < -0.39 is 18.1 Å². The van der Waals surface area contributed by atoms with Gasteiger partial charge < -0.3 is 24.5 Å². The molecule has 0 bridgehead atoms. The highest BCUT2D eigenvalue weighted by atomic mass is 16.5. The number of aromatic nitrogens is 2. The molecule has 138 valence electrons. The van der Waals surface area contributed by atoms with Crippen molar-refractivity contribution >= 4 is 11.7 Å². The molecule has 0 aliphatic carbocycles. The van der Waals surface area contributed by atoms with Crippen LogP contribution in [0.1, 0.15) is 23.0 Å². The van der Waals surface area contributed by atoms with Crippen LogP contribution in [0.15, 0.2) is 29.1 Å². The minimum atomic E-state index is -0.729. The van der Waals surface area contributed by atoms with Crippen molar-refractivity contribution in [1.29, 1.82) is 0 Å². The van der Waals surface area contributed by atoms with Crippen molar-refractivity contribution in [3.63, 3.8) is 0 Å². The van der Waals surface area contributed by atoms with Crippen LogP contribution >= 0.6 is 0 Å². The Labute approximate surface area is 150 Å². The number of aliphatic hydroxyl groups excluding tert-OH is 1. The van der Waals surface area contributed by atoms with Crippen LogP contribution in [0.5, 0.6) is 0 Å². The Morgan fingerprint density at radius 1 is 1.35 bits per heavy atom. The number of hydrogen-bond acceptors (Lipinski definition) is 7. The Morgan fingerprint density at radius 2 is 2.08 bits per heavy atom. The van der Waals surface area contributed by atoms with Gasteiger partial charge >= 0.3 is 5.97 Å². The van der Waals surface area contributed by atoms with Crippen LogP contribution in [0.4, 0.5) is 5.69 Å². The second-order valence-electron chi connectivity index (χ2n) is 5.74. The van der Waals surface area contributed by atoms with Gasteiger partial charge in [0.1, 0.15) is 5.82 Å². The Kier molecular flexibility index (Phi) is 5.65. The third-order valence-corrected chi connectivity index (χ3v) is 4.15. The van der Waals surface area contributed by atoms with Gasteiger partial charge in [0.05, 0.1) is 32.0 Å². The van der Waals surface area contributed by atoms with Crippen molar-refractivity contribution in [2.75, 3.05) is 37.8 Å². The fraction of sp³-hybridized carbons (Fsp3) is 0.389. The maximum atomic E-state index is 12.4. The van der Waals surface area contributed by atoms with Crippen LogP contribution in [-0.2, 0) is 16.1 Å². The summed E-state index contributed by atoms with van der Waals surface area (Å²) in [6, 6.07) is 7.51. The van der Waals surface area contributed by atoms with Crippen molar-refractivity contribution < 1.29 is 19.4 Å². The van der Waals surface area contributed by atoms with Gasteiger partial charge in [-0.3, -0.25) is 4.79 Å². The van der Waals surface area contributed by atoms with E-state index in [0.29, 0.717) is 18.8 Å². The first-order chi connectivity index (χ1) is 12.7. The smallest absolute Gasteiger partial charge is 0.357 e. The molecule has 0 atom stereocenters. The summed E-state index contributed by atoms with van der Waals surface area (Å²) in [5.74, 6) is -0.468. The summed E-state index contributed by atoms with van der Waals surface area (Å²) < 4.78 is 10.4. The molecule has 2 aromatic rings. The average Bonchev–Trinajstić information content (AvgIpc) is 2.68. The first-order valence-corrected chi connectivity index (χ1v) is 8.49. The fourth-order valence-electron chi connectivity index (χ4n) is 2.89. The minimum absolute atomic E-state index is 0.101. The Bertz CT molecular complexity index is 843. The van der Waals surface area contributed by atoms with E-state index in [4.69, 9.17) is 9.47 Å². The molecule has 1 aliphatic heterocycles. The number of rotatable bonds is 5. The molecule has 1 saturated heterocycles. The van der Waals surface area contributed by atoms with E-state index in [1.165, 1.54) is 0 Å². The van der Waals surface area contributed by atoms with Crippen molar-refractivity contribution in [3.8, 4) is 11.4 Å². The number of morpholine rings is 1. The van der Waals surface area contributed by atoms with Gasteiger partial charge in [0, 0.05) is 24.3 Å². The number of carbonyl (C=O) groups excluding carboxylic acids is 1. The highest BCUT2D eigenvalue weighted by Crippen LogP contribution is 2.29. The van der Waals surface area contributed by atoms with Crippen molar-refractivity contribution in [3.05, 3.63) is 45.9 Å². The topological polar surface area (TPSA) is 105 Å². The van der Waals surface area contributed by atoms with E-state index in [0.717, 1.165) is 18.8 Å². The lowest BCUT2D eigenvalue weighted by atomic mass is 10.1. The lowest BCUT2D eigenvalue weighted by molar-refractivity contribution is 0.0515. The maximum absolute atomic E-state index is 12.4. The number of carbonyl (C=O) groups is 1. The zero-order valence-corrected chi connectivity index (χ0v) is 14.5. The number of aromatic amines is 1. The molecule has 1 aromatic heterocycles. The number of ether oxygens (including phenoxy) is 2. The van der Waals surface area contributed by atoms with Gasteiger partial charge in [0.2, 0.25) is 0 Å². The molecule has 26 heavy (non-hydrogen) atoms. The van der Waals surface area contributed by atoms with Crippen molar-refractivity contribution in [1.82, 2.24) is 9.97 Å². The first kappa shape index (κ1) is 18.1. The van der Waals surface area contributed by atoms with E-state index >= 15 is 0 Å². The van der Waals surface area contributed by atoms with Crippen LogP contribution in [-0.4, -0.2) is 54.0 Å². The first-order valence-electron chi connectivity index (χ1n) is 8.49. The molecule has 2 N–H and O–H groups in total. The number of nitrogens with zero attached hydrogens (tertiary/aromatic N) is 2. The van der Waals surface area contributed by atoms with Crippen LogP contribution in [0.25, 0.3) is 11.4 Å². The molecule has 8 nitrogen and oxygen atoms in total. The molecule has 0 spiro atoms. The Hall–Kier alpha value is -2.71. The number of aliphatic hydroxyl groups is 1. The summed E-state index contributed by atoms with van der Waals surface area (Å²) >= 11 is 0. The molecule has 0 amide bonds. The Morgan fingerprint density at radius 3 is 2.77 bits per heavy atom. The Balaban J connectivity index is 2.10. The fourth-order valence-corrected chi connectivity index (χ4v) is 2.89. The lowest BCUT2D eigenvalue weighted by Crippen LogP contribution is -2.36. The number of H-pyrrole nitrogens is 1. The number of benzene rings is 1. The normalized spacial score (nSPS) is 14.3. The largest absolute Gasteiger partial charge is 0.461 e. The summed E-state index contributed by atoms with van der Waals surface area (Å²) in [6.45, 7) is 3.91. The van der Waals surface area contributed by atoms with Crippen LogP contribution in [0.3, 0.4) is 0 Å². The van der Waals surface area contributed by atoms with E-state index in [-0.39, 0.29) is 23.7 Å². The molecule has 0 radical (unpaired) electrons. The molecule has 0 unspecified atom stereocenters. The molecule has 1 aliphatic rings. The quantitative estimate of drug-likeness (QED) is 0.766. The molecular weight excluding hydrogens is 338 g/mol. The van der Waals surface area contributed by atoms with Crippen LogP contribution in [0, 0.1) is 0 Å². The van der Waals surface area contributed by atoms with Gasteiger partial charge in [-0.15, -0.1) is 0 Å². The van der Waals surface area contributed by atoms with Gasteiger partial charge in [-0.1, -0.05) is 12.1 Å². The molecule has 8 heteroatoms. The van der Waals surface area contributed by atoms with Gasteiger partial charge in [-0.25, -0.2) is 9.78 Å². The zero-order chi connectivity index (χ0) is 18.5. The molecule has 1 fully saturated rings. The molecule has 2 heterocycles. The zero-order valence-electron chi connectivity index (χ0n) is 14.5. The van der Waals surface area contributed by atoms with Gasteiger partial charge in [-0.2, -0.15) is 0 Å².